The van der Waals surface area contributed by atoms with Crippen molar-refractivity contribution in [2.45, 2.75) is 70.9 Å². The molecule has 2 aromatic rings. The van der Waals surface area contributed by atoms with Gasteiger partial charge < -0.3 is 9.30 Å². The lowest BCUT2D eigenvalue weighted by Crippen LogP contribution is -2.08. The average molecular weight is 397 g/mol. The van der Waals surface area contributed by atoms with E-state index in [9.17, 15) is 0 Å². The molecule has 0 amide bonds. The molecule has 2 rings (SSSR count). The van der Waals surface area contributed by atoms with Crippen LogP contribution in [0.5, 0.6) is 0 Å². The van der Waals surface area contributed by atoms with Crippen LogP contribution in [0.1, 0.15) is 70.0 Å². The van der Waals surface area contributed by atoms with E-state index in [0.29, 0.717) is 10.0 Å². The van der Waals surface area contributed by atoms with Crippen molar-refractivity contribution in [1.82, 2.24) is 9.55 Å². The van der Waals surface area contributed by atoms with E-state index in [1.165, 1.54) is 32.1 Å². The molecule has 0 aliphatic carbocycles. The number of ether oxygens (including phenoxy) is 1. The quantitative estimate of drug-likeness (QED) is 0.337. The molecule has 0 bridgehead atoms. The normalized spacial score (nSPS) is 12.4. The summed E-state index contributed by atoms with van der Waals surface area (Å²) in [5, 5.41) is 1.35. The van der Waals surface area contributed by atoms with Gasteiger partial charge in [-0.25, -0.2) is 4.98 Å². The van der Waals surface area contributed by atoms with E-state index in [-0.39, 0.29) is 6.10 Å². The van der Waals surface area contributed by atoms with Gasteiger partial charge in [0.25, 0.3) is 0 Å². The standard InChI is InChI=1S/C21H30Cl2N2O/c1-2-3-4-5-6-7-15-26-21(9-8-13-25-14-12-24-17-25)19-11-10-18(22)16-20(19)23/h10-12,14,16-17,21H,2-9,13,15H2,1H3. The Balaban J connectivity index is 1.84. The molecule has 1 aromatic heterocycles. The number of nitrogens with zero attached hydrogens (tertiary/aromatic N) is 2. The van der Waals surface area contributed by atoms with Crippen molar-refractivity contribution in [2.75, 3.05) is 6.61 Å². The third-order valence-corrected chi connectivity index (χ3v) is 5.13. The number of hydrogen-bond acceptors (Lipinski definition) is 2. The zero-order chi connectivity index (χ0) is 18.6. The highest BCUT2D eigenvalue weighted by Crippen LogP contribution is 2.31. The molecule has 0 fully saturated rings. The Labute approximate surface area is 167 Å². The maximum absolute atomic E-state index is 6.42. The van der Waals surface area contributed by atoms with E-state index >= 15 is 0 Å². The third kappa shape index (κ3) is 7.69. The van der Waals surface area contributed by atoms with Crippen molar-refractivity contribution in [3.05, 3.63) is 52.5 Å². The second-order valence-electron chi connectivity index (χ2n) is 6.74. The van der Waals surface area contributed by atoms with Gasteiger partial charge in [-0.05, 0) is 37.0 Å². The van der Waals surface area contributed by atoms with Gasteiger partial charge in [-0.3, -0.25) is 0 Å². The number of rotatable bonds is 13. The van der Waals surface area contributed by atoms with E-state index in [2.05, 4.69) is 16.5 Å². The predicted octanol–water partition coefficient (Wildman–Crippen LogP) is 7.09. The van der Waals surface area contributed by atoms with Crippen molar-refractivity contribution in [3.63, 3.8) is 0 Å². The van der Waals surface area contributed by atoms with E-state index in [1.54, 1.807) is 6.07 Å². The molecule has 5 heteroatoms. The van der Waals surface area contributed by atoms with Crippen molar-refractivity contribution < 1.29 is 4.74 Å². The Morgan fingerprint density at radius 3 is 2.62 bits per heavy atom. The van der Waals surface area contributed by atoms with Crippen molar-refractivity contribution >= 4 is 23.2 Å². The fraction of sp³-hybridized carbons (Fsp3) is 0.571. The first kappa shape index (κ1) is 21.3. The molecule has 26 heavy (non-hydrogen) atoms. The summed E-state index contributed by atoms with van der Waals surface area (Å²) in [7, 11) is 0. The minimum Gasteiger partial charge on any atom is -0.373 e. The monoisotopic (exact) mass is 396 g/mol. The first-order chi connectivity index (χ1) is 12.7. The highest BCUT2D eigenvalue weighted by molar-refractivity contribution is 6.35. The maximum Gasteiger partial charge on any atom is 0.0945 e. The molecular weight excluding hydrogens is 367 g/mol. The van der Waals surface area contributed by atoms with Crippen LogP contribution in [-0.4, -0.2) is 16.2 Å². The number of hydrogen-bond donors (Lipinski definition) is 0. The highest BCUT2D eigenvalue weighted by atomic mass is 35.5. The predicted molar refractivity (Wildman–Crippen MR) is 110 cm³/mol. The Hall–Kier alpha value is -1.03. The molecule has 0 radical (unpaired) electrons. The molecule has 0 saturated heterocycles. The first-order valence-corrected chi connectivity index (χ1v) is 10.5. The molecule has 0 N–H and O–H groups in total. The Morgan fingerprint density at radius 2 is 1.88 bits per heavy atom. The van der Waals surface area contributed by atoms with Gasteiger partial charge in [0.05, 0.1) is 12.4 Å². The second-order valence-corrected chi connectivity index (χ2v) is 7.58. The number of benzene rings is 1. The largest absolute Gasteiger partial charge is 0.373 e. The molecule has 0 saturated carbocycles. The van der Waals surface area contributed by atoms with Gasteiger partial charge in [0.1, 0.15) is 0 Å². The summed E-state index contributed by atoms with van der Waals surface area (Å²) < 4.78 is 8.31. The Kier molecular flexibility index (Phi) is 10.1. The van der Waals surface area contributed by atoms with Crippen LogP contribution in [0.15, 0.2) is 36.9 Å². The van der Waals surface area contributed by atoms with E-state index in [0.717, 1.165) is 38.0 Å². The van der Waals surface area contributed by atoms with Crippen LogP contribution in [0.4, 0.5) is 0 Å². The lowest BCUT2D eigenvalue weighted by atomic mass is 10.0. The minimum atomic E-state index is 0.0129. The van der Waals surface area contributed by atoms with E-state index in [1.807, 2.05) is 30.9 Å². The number of aryl methyl sites for hydroxylation is 1. The summed E-state index contributed by atoms with van der Waals surface area (Å²) in [6.45, 7) is 3.95. The van der Waals surface area contributed by atoms with E-state index in [4.69, 9.17) is 27.9 Å². The maximum atomic E-state index is 6.42. The Morgan fingerprint density at radius 1 is 1.08 bits per heavy atom. The van der Waals surface area contributed by atoms with Crippen molar-refractivity contribution in [1.29, 1.82) is 0 Å². The summed E-state index contributed by atoms with van der Waals surface area (Å²) in [6, 6.07) is 5.68. The molecule has 3 nitrogen and oxygen atoms in total. The number of imidazole rings is 1. The second kappa shape index (κ2) is 12.4. The molecule has 1 aromatic carbocycles. The van der Waals surface area contributed by atoms with Gasteiger partial charge in [-0.1, -0.05) is 68.3 Å². The molecule has 144 valence electrons. The van der Waals surface area contributed by atoms with Crippen LogP contribution in [0.25, 0.3) is 0 Å². The summed E-state index contributed by atoms with van der Waals surface area (Å²) in [5.41, 5.74) is 1.03. The van der Waals surface area contributed by atoms with Gasteiger partial charge in [-0.15, -0.1) is 0 Å². The highest BCUT2D eigenvalue weighted by Gasteiger charge is 2.15. The van der Waals surface area contributed by atoms with Crippen molar-refractivity contribution in [3.8, 4) is 0 Å². The van der Waals surface area contributed by atoms with Crippen molar-refractivity contribution in [2.24, 2.45) is 0 Å². The summed E-state index contributed by atoms with van der Waals surface area (Å²) in [6.07, 6.45) is 15.2. The lowest BCUT2D eigenvalue weighted by Gasteiger charge is -2.20. The lowest BCUT2D eigenvalue weighted by molar-refractivity contribution is 0.0419. The van der Waals surface area contributed by atoms with Gasteiger partial charge in [0, 0.05) is 35.6 Å². The minimum absolute atomic E-state index is 0.0129. The zero-order valence-electron chi connectivity index (χ0n) is 15.7. The van der Waals surface area contributed by atoms with Gasteiger partial charge >= 0.3 is 0 Å². The SMILES string of the molecule is CCCCCCCCOC(CCCn1ccnc1)c1ccc(Cl)cc1Cl. The summed E-state index contributed by atoms with van der Waals surface area (Å²) in [4.78, 5) is 4.09. The fourth-order valence-electron chi connectivity index (χ4n) is 3.08. The molecule has 1 heterocycles. The molecule has 0 aliphatic rings. The average Bonchev–Trinajstić information content (AvgIpc) is 3.13. The molecule has 1 unspecified atom stereocenters. The van der Waals surface area contributed by atoms with Gasteiger partial charge in [-0.2, -0.15) is 0 Å². The third-order valence-electron chi connectivity index (χ3n) is 4.57. The van der Waals surface area contributed by atoms with Crippen LogP contribution >= 0.6 is 23.2 Å². The molecule has 1 atom stereocenters. The van der Waals surface area contributed by atoms with Crippen LogP contribution in [0, 0.1) is 0 Å². The van der Waals surface area contributed by atoms with Crippen LogP contribution in [0.3, 0.4) is 0 Å². The van der Waals surface area contributed by atoms with Crippen LogP contribution < -0.4 is 0 Å². The smallest absolute Gasteiger partial charge is 0.0945 e. The first-order valence-electron chi connectivity index (χ1n) is 9.73. The van der Waals surface area contributed by atoms with Gasteiger partial charge in [0.2, 0.25) is 0 Å². The number of halogens is 2. The molecule has 0 spiro atoms. The van der Waals surface area contributed by atoms with Crippen LogP contribution in [0.2, 0.25) is 10.0 Å². The summed E-state index contributed by atoms with van der Waals surface area (Å²) in [5.74, 6) is 0. The van der Waals surface area contributed by atoms with E-state index < -0.39 is 0 Å². The molecule has 0 aliphatic heterocycles. The number of unbranched alkanes of at least 4 members (excludes halogenated alkanes) is 5. The van der Waals surface area contributed by atoms with Crippen LogP contribution in [-0.2, 0) is 11.3 Å². The molecular formula is C21H30Cl2N2O. The number of aromatic nitrogens is 2. The Bertz CT molecular complexity index is 616. The van der Waals surface area contributed by atoms with Gasteiger partial charge in [0.15, 0.2) is 0 Å². The summed E-state index contributed by atoms with van der Waals surface area (Å²) >= 11 is 12.5. The zero-order valence-corrected chi connectivity index (χ0v) is 17.2. The topological polar surface area (TPSA) is 27.1 Å². The fourth-order valence-corrected chi connectivity index (χ4v) is 3.61.